The van der Waals surface area contributed by atoms with Crippen LogP contribution in [0, 0.1) is 14.9 Å². The molecule has 0 aromatic carbocycles. The number of hydrogen-bond acceptors (Lipinski definition) is 3. The summed E-state index contributed by atoms with van der Waals surface area (Å²) in [5.41, 5.74) is 4.53. The van der Waals surface area contributed by atoms with Crippen LogP contribution in [0.1, 0.15) is 134 Å². The molecule has 4 rings (SSSR count). The molecule has 2 aromatic rings. The van der Waals surface area contributed by atoms with E-state index < -0.39 is 5.97 Å². The number of hydrogen-bond donors (Lipinski definition) is 1. The van der Waals surface area contributed by atoms with Gasteiger partial charge in [0.25, 0.3) is 5.97 Å². The van der Waals surface area contributed by atoms with E-state index >= 15 is 0 Å². The molecule has 0 amide bonds. The SMILES string of the molecule is C/C=C/C.C=CC.C=CCC.CC(=O)O.CC(C)(C)P(c1ccccn1)C1CCCC1.CC(C)(C)P(c1ccccn1)C1CCCC1.[CH3-].[CH3-].[Fe+2]. The van der Waals surface area contributed by atoms with E-state index in [1.165, 1.54) is 62.2 Å². The van der Waals surface area contributed by atoms with Crippen LogP contribution in [0.15, 0.2) is 86.3 Å². The van der Waals surface area contributed by atoms with Gasteiger partial charge in [0.2, 0.25) is 0 Å². The fourth-order valence-corrected chi connectivity index (χ4v) is 12.4. The Morgan fingerprint density at radius 2 is 1.02 bits per heavy atom. The van der Waals surface area contributed by atoms with Crippen LogP contribution in [-0.4, -0.2) is 42.7 Å². The molecule has 2 saturated carbocycles. The summed E-state index contributed by atoms with van der Waals surface area (Å²) in [7, 11) is -0.218. The maximum absolute atomic E-state index is 9.00. The van der Waals surface area contributed by atoms with E-state index in [4.69, 9.17) is 9.90 Å². The van der Waals surface area contributed by atoms with Crippen LogP contribution in [0.5, 0.6) is 0 Å². The van der Waals surface area contributed by atoms with Gasteiger partial charge in [-0.05, 0) is 115 Å². The molecule has 2 heterocycles. The zero-order valence-electron chi connectivity index (χ0n) is 34.4. The average molecular weight is 771 g/mol. The molecule has 288 valence electrons. The van der Waals surface area contributed by atoms with Crippen LogP contribution >= 0.6 is 15.8 Å². The molecule has 2 aromatic heterocycles. The number of rotatable bonds is 5. The van der Waals surface area contributed by atoms with E-state index in [-0.39, 0.29) is 47.8 Å². The Kier molecular flexibility index (Phi) is 39.8. The summed E-state index contributed by atoms with van der Waals surface area (Å²) in [4.78, 5) is 18.2. The minimum absolute atomic E-state index is 0. The molecule has 2 unspecified atom stereocenters. The molecule has 2 aliphatic rings. The fourth-order valence-electron chi connectivity index (χ4n) is 5.47. The van der Waals surface area contributed by atoms with Crippen molar-refractivity contribution in [2.45, 2.75) is 156 Å². The Morgan fingerprint density at radius 3 is 1.18 bits per heavy atom. The first-order valence-corrected chi connectivity index (χ1v) is 20.3. The van der Waals surface area contributed by atoms with Gasteiger partial charge in [-0.25, -0.2) is 0 Å². The van der Waals surface area contributed by atoms with Gasteiger partial charge in [0, 0.05) is 19.3 Å². The molecule has 0 bridgehead atoms. The average Bonchev–Trinajstić information content (AvgIpc) is 3.73. The van der Waals surface area contributed by atoms with Crippen LogP contribution in [0.2, 0.25) is 0 Å². The summed E-state index contributed by atoms with van der Waals surface area (Å²) in [6.07, 6.45) is 24.0. The molecule has 0 radical (unpaired) electrons. The molecule has 7 heteroatoms. The third-order valence-electron chi connectivity index (χ3n) is 7.24. The van der Waals surface area contributed by atoms with Gasteiger partial charge in [0.1, 0.15) is 0 Å². The smallest absolute Gasteiger partial charge is 0.481 e. The van der Waals surface area contributed by atoms with Crippen molar-refractivity contribution in [2.24, 2.45) is 0 Å². The Balaban J connectivity index is -0.000000186. The van der Waals surface area contributed by atoms with E-state index in [2.05, 4.69) is 95.9 Å². The summed E-state index contributed by atoms with van der Waals surface area (Å²) in [6, 6.07) is 12.8. The summed E-state index contributed by atoms with van der Waals surface area (Å²) >= 11 is 0. The largest absolute Gasteiger partial charge is 2.00 e. The minimum atomic E-state index is -0.833. The maximum Gasteiger partial charge on any atom is 2.00 e. The van der Waals surface area contributed by atoms with Crippen LogP contribution in [0.3, 0.4) is 0 Å². The predicted octanol–water partition coefficient (Wildman–Crippen LogP) is 13.2. The second-order valence-electron chi connectivity index (χ2n) is 13.6. The Labute approximate surface area is 324 Å². The first-order valence-electron chi connectivity index (χ1n) is 17.5. The van der Waals surface area contributed by atoms with Gasteiger partial charge < -0.3 is 20.0 Å². The standard InChI is InChI=1S/2C14H22NP.2C4H8.C3H6.C2H4O2.2CH3.Fe/c2*1-14(2,3)16(12-8-4-5-9-12)13-10-6-7-11-15-13;2*1-3-4-2;1-3-2;1-2(3)4;;;/h2*6-7,10-12H,4-5,8-9H2,1-3H3;3-4H,1-2H3;3H,1,4H2,2H3;3H,1H2,2H3;1H3,(H,3,4);2*1H3;/q;;;;;;2*-1;+2/b;;4-3+;;;;;;. The van der Waals surface area contributed by atoms with Gasteiger partial charge in [-0.2, -0.15) is 0 Å². The quantitative estimate of drug-likeness (QED) is 0.142. The second-order valence-corrected chi connectivity index (χ2v) is 20.2. The molecule has 2 atom stereocenters. The number of carbonyl (C=O) groups is 1. The predicted molar refractivity (Wildman–Crippen MR) is 229 cm³/mol. The van der Waals surface area contributed by atoms with E-state index in [0.29, 0.717) is 10.3 Å². The number of pyridine rings is 2. The third-order valence-corrected chi connectivity index (χ3v) is 14.1. The maximum atomic E-state index is 9.00. The van der Waals surface area contributed by atoms with Crippen LogP contribution < -0.4 is 10.9 Å². The number of carboxylic acid groups (broad SMARTS) is 1. The van der Waals surface area contributed by atoms with Gasteiger partial charge in [-0.15, -0.1) is 13.2 Å². The topological polar surface area (TPSA) is 63.1 Å². The second kappa shape index (κ2) is 34.5. The number of aromatic nitrogens is 2. The van der Waals surface area contributed by atoms with E-state index in [0.717, 1.165) is 24.7 Å². The molecule has 4 nitrogen and oxygen atoms in total. The van der Waals surface area contributed by atoms with Gasteiger partial charge in [-0.3, -0.25) is 14.8 Å². The summed E-state index contributed by atoms with van der Waals surface area (Å²) in [6.45, 7) is 30.2. The van der Waals surface area contributed by atoms with Crippen molar-refractivity contribution in [2.75, 3.05) is 0 Å². The first kappa shape index (κ1) is 57.7. The van der Waals surface area contributed by atoms with E-state index in [1.54, 1.807) is 6.08 Å². The van der Waals surface area contributed by atoms with Crippen LogP contribution in [-0.2, 0) is 21.9 Å². The van der Waals surface area contributed by atoms with E-state index in [9.17, 15) is 0 Å². The van der Waals surface area contributed by atoms with Crippen LogP contribution in [0.25, 0.3) is 0 Å². The minimum Gasteiger partial charge on any atom is -0.481 e. The number of carboxylic acids is 1. The number of nitrogens with zero attached hydrogens (tertiary/aromatic N) is 2. The zero-order chi connectivity index (χ0) is 36.3. The van der Waals surface area contributed by atoms with Crippen LogP contribution in [0.4, 0.5) is 0 Å². The summed E-state index contributed by atoms with van der Waals surface area (Å²) < 4.78 is 0. The molecule has 1 N–H and O–H groups in total. The summed E-state index contributed by atoms with van der Waals surface area (Å²) in [5.74, 6) is -0.833. The monoisotopic (exact) mass is 770 g/mol. The van der Waals surface area contributed by atoms with Gasteiger partial charge in [-0.1, -0.05) is 111 Å². The number of allylic oxidation sites excluding steroid dienone is 4. The molecular weight excluding hydrogens is 694 g/mol. The summed E-state index contributed by atoms with van der Waals surface area (Å²) in [5, 5.41) is 8.19. The van der Waals surface area contributed by atoms with Crippen molar-refractivity contribution in [3.63, 3.8) is 0 Å². The van der Waals surface area contributed by atoms with Crippen molar-refractivity contribution < 1.29 is 27.0 Å². The molecule has 50 heavy (non-hydrogen) atoms. The fraction of sp³-hybridized carbons (Fsp3) is 0.558. The molecule has 2 fully saturated rings. The number of aliphatic carboxylic acids is 1. The normalized spacial score (nSPS) is 14.8. The van der Waals surface area contributed by atoms with Crippen molar-refractivity contribution in [3.05, 3.63) is 101 Å². The first-order chi connectivity index (χ1) is 22.2. The van der Waals surface area contributed by atoms with Gasteiger partial charge >= 0.3 is 17.1 Å². The Bertz CT molecular complexity index is 994. The van der Waals surface area contributed by atoms with Crippen molar-refractivity contribution in [3.8, 4) is 0 Å². The molecule has 0 spiro atoms. The molecule has 0 saturated heterocycles. The van der Waals surface area contributed by atoms with Gasteiger partial charge in [0.15, 0.2) is 0 Å². The van der Waals surface area contributed by atoms with Crippen molar-refractivity contribution in [1.29, 1.82) is 0 Å². The van der Waals surface area contributed by atoms with Gasteiger partial charge in [0.05, 0.1) is 10.9 Å². The zero-order valence-corrected chi connectivity index (χ0v) is 37.3. The third kappa shape index (κ3) is 28.0. The molecular formula is C43H76FeN2O2P2. The van der Waals surface area contributed by atoms with Crippen molar-refractivity contribution in [1.82, 2.24) is 9.97 Å². The van der Waals surface area contributed by atoms with Crippen molar-refractivity contribution >= 4 is 32.7 Å². The molecule has 0 aliphatic heterocycles. The van der Waals surface area contributed by atoms with E-state index in [1.807, 2.05) is 63.5 Å². The Hall–Kier alpha value is -1.63. The Morgan fingerprint density at radius 1 is 0.760 bits per heavy atom. The molecule has 2 aliphatic carbocycles.